The van der Waals surface area contributed by atoms with Crippen LogP contribution in [0.3, 0.4) is 0 Å². The normalized spacial score (nSPS) is 23.6. The third kappa shape index (κ3) is 2.50. The summed E-state index contributed by atoms with van der Waals surface area (Å²) in [6, 6.07) is 17.4. The molecule has 0 saturated heterocycles. The minimum absolute atomic E-state index is 0.190. The Morgan fingerprint density at radius 3 is 1.83 bits per heavy atom. The minimum atomic E-state index is -0.883. The van der Waals surface area contributed by atoms with Gasteiger partial charge in [-0.15, -0.1) is 0 Å². The fourth-order valence-corrected chi connectivity index (χ4v) is 8.06. The van der Waals surface area contributed by atoms with Crippen LogP contribution in [0.4, 0.5) is 0 Å². The molecule has 0 aliphatic heterocycles. The van der Waals surface area contributed by atoms with Crippen molar-refractivity contribution in [2.75, 3.05) is 0 Å². The van der Waals surface area contributed by atoms with Gasteiger partial charge in [-0.2, -0.15) is 0 Å². The van der Waals surface area contributed by atoms with Gasteiger partial charge in [0.1, 0.15) is 0 Å². The van der Waals surface area contributed by atoms with Gasteiger partial charge in [0, 0.05) is 0 Å². The van der Waals surface area contributed by atoms with Crippen LogP contribution in [0.1, 0.15) is 41.0 Å². The molecule has 4 rings (SSSR count). The van der Waals surface area contributed by atoms with Crippen molar-refractivity contribution in [3.63, 3.8) is 0 Å². The van der Waals surface area contributed by atoms with Crippen LogP contribution < -0.4 is 0 Å². The fourth-order valence-electron chi connectivity index (χ4n) is 3.83. The molecule has 0 heterocycles. The molecular formula is C21H18ClZr. The molecule has 0 radical (unpaired) electrons. The Labute approximate surface area is 153 Å². The first-order chi connectivity index (χ1) is 11.2. The Bertz CT molecular complexity index is 770. The van der Waals surface area contributed by atoms with Crippen LogP contribution in [0.5, 0.6) is 0 Å². The Morgan fingerprint density at radius 2 is 1.35 bits per heavy atom. The van der Waals surface area contributed by atoms with Crippen molar-refractivity contribution in [1.82, 2.24) is 0 Å². The number of benzene rings is 2. The summed E-state index contributed by atoms with van der Waals surface area (Å²) < 4.78 is 2.18. The molecule has 0 aromatic heterocycles. The molecule has 2 atom stereocenters. The number of hydrogen-bond acceptors (Lipinski definition) is 0. The Morgan fingerprint density at radius 1 is 0.870 bits per heavy atom. The van der Waals surface area contributed by atoms with Crippen LogP contribution in [0, 0.1) is 0 Å². The van der Waals surface area contributed by atoms with Gasteiger partial charge in [0.05, 0.1) is 0 Å². The summed E-state index contributed by atoms with van der Waals surface area (Å²) in [4.78, 5) is 0. The van der Waals surface area contributed by atoms with Crippen molar-refractivity contribution in [2.45, 2.75) is 21.3 Å². The Hall–Kier alpha value is -1.04. The molecule has 2 aromatic rings. The summed E-state index contributed by atoms with van der Waals surface area (Å²) >= 11 is 6.57. The van der Waals surface area contributed by atoms with E-state index in [2.05, 4.69) is 83.5 Å². The average molecular weight is 397 g/mol. The van der Waals surface area contributed by atoms with E-state index in [9.17, 15) is 0 Å². The molecule has 0 saturated carbocycles. The third-order valence-electron chi connectivity index (χ3n) is 4.87. The van der Waals surface area contributed by atoms with E-state index >= 15 is 0 Å². The van der Waals surface area contributed by atoms with E-state index in [1.54, 1.807) is 0 Å². The maximum atomic E-state index is 7.45. The fraction of sp³-hybridized carbons (Fsp3) is 0.190. The molecule has 2 heteroatoms. The van der Waals surface area contributed by atoms with Crippen LogP contribution in [0.25, 0.3) is 12.2 Å². The van der Waals surface area contributed by atoms with E-state index in [1.807, 2.05) is 0 Å². The van der Waals surface area contributed by atoms with Crippen molar-refractivity contribution in [1.29, 1.82) is 0 Å². The van der Waals surface area contributed by atoms with E-state index in [-0.39, 0.29) is 2.58 Å². The molecule has 0 bridgehead atoms. The first-order valence-electron chi connectivity index (χ1n) is 8.03. The summed E-state index contributed by atoms with van der Waals surface area (Å²) in [5, 5.41) is 0. The zero-order chi connectivity index (χ0) is 15.9. The number of halogens is 1. The van der Waals surface area contributed by atoms with Gasteiger partial charge in [0.2, 0.25) is 0 Å². The maximum absolute atomic E-state index is 7.45. The quantitative estimate of drug-likeness (QED) is 0.605. The van der Waals surface area contributed by atoms with Gasteiger partial charge in [-0.1, -0.05) is 0 Å². The van der Waals surface area contributed by atoms with Crippen molar-refractivity contribution in [2.24, 2.45) is 0 Å². The van der Waals surface area contributed by atoms with E-state index in [0.29, 0.717) is 11.8 Å². The van der Waals surface area contributed by atoms with Crippen molar-refractivity contribution in [3.8, 4) is 0 Å². The van der Waals surface area contributed by atoms with Crippen LogP contribution in [0.2, 0.25) is 0 Å². The van der Waals surface area contributed by atoms with E-state index in [0.717, 1.165) is 0 Å². The molecule has 2 unspecified atom stereocenters. The molecule has 2 aliphatic carbocycles. The summed E-state index contributed by atoms with van der Waals surface area (Å²) in [5.74, 6) is 0.618. The third-order valence-corrected chi connectivity index (χ3v) is 9.31. The second-order valence-electron chi connectivity index (χ2n) is 6.13. The van der Waals surface area contributed by atoms with E-state index in [1.165, 1.54) is 22.3 Å². The molecule has 0 amide bonds. The summed E-state index contributed by atoms with van der Waals surface area (Å²) in [5.41, 5.74) is 5.44. The zero-order valence-electron chi connectivity index (χ0n) is 13.0. The Balaban J connectivity index is 1.83. The van der Waals surface area contributed by atoms with Crippen LogP contribution in [-0.4, -0.2) is 6.29 Å². The summed E-state index contributed by atoms with van der Waals surface area (Å²) in [6.07, 6.45) is 9.15. The average Bonchev–Trinajstić information content (AvgIpc) is 3.20. The molecule has 0 nitrogen and oxygen atoms in total. The van der Waals surface area contributed by atoms with Crippen molar-refractivity contribution < 1.29 is 22.8 Å². The SMILES string of the molecule is C[CH]=[Zr][C](Cl)(C1C=Cc2ccccc21)C1C=Cc2ccccc21. The topological polar surface area (TPSA) is 0 Å². The first kappa shape index (κ1) is 15.5. The molecule has 23 heavy (non-hydrogen) atoms. The zero-order valence-corrected chi connectivity index (χ0v) is 16.3. The number of hydrogen-bond donors (Lipinski definition) is 0. The number of fused-ring (bicyclic) bond motifs is 2. The monoisotopic (exact) mass is 395 g/mol. The number of rotatable bonds is 3. The summed E-state index contributed by atoms with van der Waals surface area (Å²) in [7, 11) is 0. The molecule has 0 N–H and O–H groups in total. The molecule has 2 aliphatic rings. The number of alkyl halides is 1. The van der Waals surface area contributed by atoms with Gasteiger partial charge in [-0.25, -0.2) is 0 Å². The van der Waals surface area contributed by atoms with Gasteiger partial charge in [0.15, 0.2) is 0 Å². The van der Waals surface area contributed by atoms with Gasteiger partial charge >= 0.3 is 154 Å². The van der Waals surface area contributed by atoms with Gasteiger partial charge < -0.3 is 0 Å². The van der Waals surface area contributed by atoms with Gasteiger partial charge in [-0.05, 0) is 0 Å². The van der Waals surface area contributed by atoms with Crippen LogP contribution >= 0.6 is 11.6 Å². The van der Waals surface area contributed by atoms with E-state index < -0.39 is 22.8 Å². The first-order valence-corrected chi connectivity index (χ1v) is 11.1. The van der Waals surface area contributed by atoms with Crippen molar-refractivity contribution >= 4 is 27.5 Å². The second kappa shape index (κ2) is 6.11. The molecule has 113 valence electrons. The molecule has 0 fully saturated rings. The summed E-state index contributed by atoms with van der Waals surface area (Å²) in [6.45, 7) is 2.18. The molecule has 0 spiro atoms. The van der Waals surface area contributed by atoms with Crippen LogP contribution in [-0.2, 0) is 22.8 Å². The standard InChI is InChI=1S/C19H14Cl.C2H4.Zr/c20-19(17-11-9-13-5-1-3-7-15(13)17)18-12-10-14-6-2-4-8-16(14)18;1-2;/h1-12,17-18H;1H,2H3;. The molecular weight excluding hydrogens is 379 g/mol. The van der Waals surface area contributed by atoms with Crippen LogP contribution in [0.15, 0.2) is 60.7 Å². The number of allylic oxidation sites excluding steroid dienone is 2. The van der Waals surface area contributed by atoms with Crippen molar-refractivity contribution in [3.05, 3.63) is 82.9 Å². The molecule has 2 aromatic carbocycles. The van der Waals surface area contributed by atoms with E-state index in [4.69, 9.17) is 11.6 Å². The van der Waals surface area contributed by atoms with Gasteiger partial charge in [0.25, 0.3) is 0 Å². The Kier molecular flexibility index (Phi) is 4.12. The second-order valence-corrected chi connectivity index (χ2v) is 11.7. The predicted octanol–water partition coefficient (Wildman–Crippen LogP) is 5.45. The predicted molar refractivity (Wildman–Crippen MR) is 96.8 cm³/mol. The van der Waals surface area contributed by atoms with Gasteiger partial charge in [-0.3, -0.25) is 0 Å².